The number of H-pyrrole nitrogens is 1. The molecule has 0 aromatic carbocycles. The molecule has 0 saturated heterocycles. The Hall–Kier alpha value is -1.07. The molecule has 2 N–H and O–H groups in total. The first kappa shape index (κ1) is 11.4. The average Bonchev–Trinajstić information content (AvgIpc) is 2.66. The van der Waals surface area contributed by atoms with E-state index in [2.05, 4.69) is 36.2 Å². The highest BCUT2D eigenvalue weighted by Gasteiger charge is 2.03. The molecule has 16 heavy (non-hydrogen) atoms. The van der Waals surface area contributed by atoms with E-state index in [0.29, 0.717) is 11.7 Å². The number of anilines is 1. The molecule has 0 bridgehead atoms. The van der Waals surface area contributed by atoms with Gasteiger partial charge in [0.25, 0.3) is 0 Å². The zero-order chi connectivity index (χ0) is 11.5. The zero-order valence-corrected chi connectivity index (χ0v) is 10.9. The monoisotopic (exact) mass is 300 g/mol. The summed E-state index contributed by atoms with van der Waals surface area (Å²) in [6.45, 7) is 2.55. The van der Waals surface area contributed by atoms with Crippen molar-refractivity contribution in [2.75, 3.05) is 5.32 Å². The molecule has 0 radical (unpaired) electrons. The van der Waals surface area contributed by atoms with Crippen LogP contribution in [-0.2, 0) is 6.54 Å². The Labute approximate surface area is 107 Å². The van der Waals surface area contributed by atoms with E-state index < -0.39 is 0 Å². The first-order chi connectivity index (χ1) is 7.65. The molecule has 2 aromatic rings. The van der Waals surface area contributed by atoms with Gasteiger partial charge in [-0.15, -0.1) is 0 Å². The summed E-state index contributed by atoms with van der Waals surface area (Å²) in [7, 11) is 0. The van der Waals surface area contributed by atoms with Crippen molar-refractivity contribution in [2.45, 2.75) is 13.5 Å². The largest absolute Gasteiger partial charge is 0.377 e. The molecule has 0 unspecified atom stereocenters. The molecule has 0 spiro atoms. The second-order valence-electron chi connectivity index (χ2n) is 3.34. The number of halogens is 2. The van der Waals surface area contributed by atoms with Crippen LogP contribution < -0.4 is 5.32 Å². The number of imidazole rings is 1. The molecule has 0 aliphatic carbocycles. The van der Waals surface area contributed by atoms with Gasteiger partial charge in [-0.2, -0.15) is 0 Å². The maximum Gasteiger partial charge on any atom is 0.152 e. The fraction of sp³-hybridized carbons (Fsp3) is 0.200. The Morgan fingerprint density at radius 1 is 1.44 bits per heavy atom. The number of aromatic amines is 1. The number of aryl methyl sites for hydroxylation is 1. The van der Waals surface area contributed by atoms with Crippen molar-refractivity contribution >= 4 is 33.2 Å². The lowest BCUT2D eigenvalue weighted by atomic mass is 10.4. The molecule has 2 rings (SSSR count). The Morgan fingerprint density at radius 2 is 2.25 bits per heavy atom. The van der Waals surface area contributed by atoms with E-state index in [1.54, 1.807) is 12.4 Å². The van der Waals surface area contributed by atoms with Crippen LogP contribution in [0.1, 0.15) is 11.5 Å². The second-order valence-corrected chi connectivity index (χ2v) is 4.61. The number of pyridine rings is 1. The predicted octanol–water partition coefficient (Wildman–Crippen LogP) is 3.14. The quantitative estimate of drug-likeness (QED) is 0.856. The zero-order valence-electron chi connectivity index (χ0n) is 8.59. The summed E-state index contributed by atoms with van der Waals surface area (Å²) < 4.78 is 0.889. The molecule has 0 aliphatic heterocycles. The number of aromatic nitrogens is 3. The van der Waals surface area contributed by atoms with E-state index in [0.717, 1.165) is 21.7 Å². The van der Waals surface area contributed by atoms with E-state index in [-0.39, 0.29) is 0 Å². The van der Waals surface area contributed by atoms with Crippen LogP contribution in [0.25, 0.3) is 0 Å². The fourth-order valence-corrected chi connectivity index (χ4v) is 1.80. The van der Waals surface area contributed by atoms with Gasteiger partial charge in [0.1, 0.15) is 5.82 Å². The fourth-order valence-electron chi connectivity index (χ4n) is 1.30. The molecule has 2 heterocycles. The summed E-state index contributed by atoms with van der Waals surface area (Å²) in [5.74, 6) is 0.898. The van der Waals surface area contributed by atoms with Gasteiger partial charge in [-0.3, -0.25) is 0 Å². The molecule has 4 nitrogen and oxygen atoms in total. The average molecular weight is 302 g/mol. The minimum atomic E-state index is 0.458. The number of nitrogens with zero attached hydrogens (tertiary/aromatic N) is 2. The van der Waals surface area contributed by atoms with Gasteiger partial charge >= 0.3 is 0 Å². The van der Waals surface area contributed by atoms with Crippen molar-refractivity contribution in [3.05, 3.63) is 39.6 Å². The van der Waals surface area contributed by atoms with E-state index in [9.17, 15) is 0 Å². The Morgan fingerprint density at radius 3 is 2.94 bits per heavy atom. The van der Waals surface area contributed by atoms with Crippen LogP contribution in [0.3, 0.4) is 0 Å². The maximum atomic E-state index is 5.95. The Balaban J connectivity index is 2.07. The highest BCUT2D eigenvalue weighted by Crippen LogP contribution is 2.23. The molecule has 84 valence electrons. The first-order valence-corrected chi connectivity index (χ1v) is 5.87. The summed E-state index contributed by atoms with van der Waals surface area (Å²) in [6.07, 6.45) is 3.45. The van der Waals surface area contributed by atoms with Crippen LogP contribution in [0.15, 0.2) is 22.9 Å². The molecular formula is C10H10BrClN4. The minimum Gasteiger partial charge on any atom is -0.377 e. The molecule has 0 saturated carbocycles. The lowest BCUT2D eigenvalue weighted by molar-refractivity contribution is 1.04. The summed E-state index contributed by atoms with van der Waals surface area (Å²) in [6, 6.07) is 1.89. The summed E-state index contributed by atoms with van der Waals surface area (Å²) in [4.78, 5) is 11.3. The van der Waals surface area contributed by atoms with Gasteiger partial charge in [-0.05, 0) is 28.9 Å². The normalized spacial score (nSPS) is 10.4. The third-order valence-electron chi connectivity index (χ3n) is 2.03. The van der Waals surface area contributed by atoms with Gasteiger partial charge in [0, 0.05) is 10.7 Å². The standard InChI is InChI=1S/C10H10BrClN4/c1-6-13-4-8(16-6)5-14-9-2-7(11)3-15-10(9)12/h2-4,14H,5H2,1H3,(H,13,16). The van der Waals surface area contributed by atoms with Crippen LogP contribution in [0.2, 0.25) is 5.15 Å². The summed E-state index contributed by atoms with van der Waals surface area (Å²) >= 11 is 9.29. The topological polar surface area (TPSA) is 53.6 Å². The van der Waals surface area contributed by atoms with E-state index >= 15 is 0 Å². The third kappa shape index (κ3) is 2.74. The van der Waals surface area contributed by atoms with Crippen molar-refractivity contribution in [2.24, 2.45) is 0 Å². The van der Waals surface area contributed by atoms with E-state index in [1.165, 1.54) is 0 Å². The van der Waals surface area contributed by atoms with Crippen molar-refractivity contribution in [3.8, 4) is 0 Å². The molecule has 0 amide bonds. The van der Waals surface area contributed by atoms with Gasteiger partial charge in [-0.25, -0.2) is 9.97 Å². The SMILES string of the molecule is Cc1ncc(CNc2cc(Br)cnc2Cl)[nH]1. The number of rotatable bonds is 3. The maximum absolute atomic E-state index is 5.95. The van der Waals surface area contributed by atoms with Crippen LogP contribution >= 0.6 is 27.5 Å². The third-order valence-corrected chi connectivity index (χ3v) is 2.77. The van der Waals surface area contributed by atoms with Gasteiger partial charge in [0.15, 0.2) is 5.15 Å². The summed E-state index contributed by atoms with van der Waals surface area (Å²) in [5.41, 5.74) is 1.80. The summed E-state index contributed by atoms with van der Waals surface area (Å²) in [5, 5.41) is 3.65. The highest BCUT2D eigenvalue weighted by molar-refractivity contribution is 9.10. The van der Waals surface area contributed by atoms with Gasteiger partial charge in [-0.1, -0.05) is 11.6 Å². The lowest BCUT2D eigenvalue weighted by Crippen LogP contribution is -2.01. The van der Waals surface area contributed by atoms with Crippen molar-refractivity contribution in [1.29, 1.82) is 0 Å². The number of hydrogen-bond donors (Lipinski definition) is 2. The molecule has 0 aliphatic rings. The minimum absolute atomic E-state index is 0.458. The lowest BCUT2D eigenvalue weighted by Gasteiger charge is -2.06. The predicted molar refractivity (Wildman–Crippen MR) is 67.6 cm³/mol. The van der Waals surface area contributed by atoms with Crippen molar-refractivity contribution in [1.82, 2.24) is 15.0 Å². The van der Waals surface area contributed by atoms with E-state index in [1.807, 2.05) is 13.0 Å². The number of hydrogen-bond acceptors (Lipinski definition) is 3. The van der Waals surface area contributed by atoms with Crippen molar-refractivity contribution < 1.29 is 0 Å². The Bertz CT molecular complexity index is 497. The molecule has 0 atom stereocenters. The number of nitrogens with one attached hydrogen (secondary N) is 2. The second kappa shape index (κ2) is 4.84. The molecule has 6 heteroatoms. The molecule has 2 aromatic heterocycles. The molecule has 0 fully saturated rings. The van der Waals surface area contributed by atoms with Crippen LogP contribution in [-0.4, -0.2) is 15.0 Å². The smallest absolute Gasteiger partial charge is 0.152 e. The first-order valence-electron chi connectivity index (χ1n) is 4.70. The van der Waals surface area contributed by atoms with Gasteiger partial charge in [0.2, 0.25) is 0 Å². The Kier molecular flexibility index (Phi) is 3.46. The van der Waals surface area contributed by atoms with Crippen LogP contribution in [0.4, 0.5) is 5.69 Å². The highest BCUT2D eigenvalue weighted by atomic mass is 79.9. The van der Waals surface area contributed by atoms with Gasteiger partial charge in [0.05, 0.1) is 24.1 Å². The molecular weight excluding hydrogens is 291 g/mol. The van der Waals surface area contributed by atoms with Crippen LogP contribution in [0, 0.1) is 6.92 Å². The van der Waals surface area contributed by atoms with E-state index in [4.69, 9.17) is 11.6 Å². The van der Waals surface area contributed by atoms with Crippen molar-refractivity contribution in [3.63, 3.8) is 0 Å². The van der Waals surface area contributed by atoms with Gasteiger partial charge < -0.3 is 10.3 Å². The van der Waals surface area contributed by atoms with Crippen LogP contribution in [0.5, 0.6) is 0 Å².